The molecule has 2 aromatic carbocycles. The molecule has 2 heterocycles. The van der Waals surface area contributed by atoms with Crippen LogP contribution in [0.15, 0.2) is 59.1 Å². The average molecular weight is 275 g/mol. The van der Waals surface area contributed by atoms with Gasteiger partial charge >= 0.3 is 0 Å². The molecule has 4 nitrogen and oxygen atoms in total. The molecule has 0 fully saturated rings. The van der Waals surface area contributed by atoms with E-state index >= 15 is 0 Å². The number of H-pyrrole nitrogens is 1. The molecule has 0 aliphatic rings. The lowest BCUT2D eigenvalue weighted by molar-refractivity contribution is 0.432. The van der Waals surface area contributed by atoms with Gasteiger partial charge in [0.15, 0.2) is 5.82 Å². The average Bonchev–Trinajstić information content (AvgIpc) is 3.14. The van der Waals surface area contributed by atoms with E-state index in [1.807, 2.05) is 42.5 Å². The number of para-hydroxylation sites is 2. The van der Waals surface area contributed by atoms with Gasteiger partial charge in [-0.1, -0.05) is 47.1 Å². The number of benzene rings is 2. The molecule has 4 aromatic rings. The Hall–Kier alpha value is -2.88. The third kappa shape index (κ3) is 2.10. The highest BCUT2D eigenvalue weighted by Gasteiger charge is 2.12. The molecule has 0 aliphatic heterocycles. The van der Waals surface area contributed by atoms with Gasteiger partial charge < -0.3 is 9.51 Å². The molecule has 0 spiro atoms. The van der Waals surface area contributed by atoms with E-state index in [9.17, 15) is 0 Å². The summed E-state index contributed by atoms with van der Waals surface area (Å²) >= 11 is 0. The van der Waals surface area contributed by atoms with Crippen LogP contribution in [0.5, 0.6) is 0 Å². The summed E-state index contributed by atoms with van der Waals surface area (Å²) in [6.45, 7) is 2.06. The van der Waals surface area contributed by atoms with Gasteiger partial charge in [-0.15, -0.1) is 0 Å². The van der Waals surface area contributed by atoms with Gasteiger partial charge in [-0.3, -0.25) is 0 Å². The molecule has 0 atom stereocenters. The standard InChI is InChI=1S/C17H13N3O/c1-11-6-8-12(9-7-11)15-10-16(21-20-15)17-18-13-4-2-3-5-14(13)19-17/h2-10H,1H3,(H,18,19). The zero-order chi connectivity index (χ0) is 14.2. The minimum atomic E-state index is 0.641. The summed E-state index contributed by atoms with van der Waals surface area (Å²) in [6, 6.07) is 18.0. The summed E-state index contributed by atoms with van der Waals surface area (Å²) in [5.74, 6) is 1.34. The van der Waals surface area contributed by atoms with Gasteiger partial charge in [0.1, 0.15) is 5.69 Å². The van der Waals surface area contributed by atoms with Gasteiger partial charge in [-0.05, 0) is 19.1 Å². The van der Waals surface area contributed by atoms with Crippen LogP contribution in [0.4, 0.5) is 0 Å². The minimum absolute atomic E-state index is 0.641. The Kier molecular flexibility index (Phi) is 2.60. The van der Waals surface area contributed by atoms with Crippen LogP contribution >= 0.6 is 0 Å². The summed E-state index contributed by atoms with van der Waals surface area (Å²) in [7, 11) is 0. The van der Waals surface area contributed by atoms with E-state index in [0.717, 1.165) is 22.3 Å². The van der Waals surface area contributed by atoms with Crippen LogP contribution in [0, 0.1) is 6.92 Å². The predicted octanol–water partition coefficient (Wildman–Crippen LogP) is 4.19. The zero-order valence-electron chi connectivity index (χ0n) is 11.5. The largest absolute Gasteiger partial charge is 0.352 e. The van der Waals surface area contributed by atoms with Crippen molar-refractivity contribution in [1.82, 2.24) is 15.1 Å². The Morgan fingerprint density at radius 3 is 2.62 bits per heavy atom. The second-order valence-corrected chi connectivity index (χ2v) is 5.04. The summed E-state index contributed by atoms with van der Waals surface area (Å²) in [6.07, 6.45) is 0. The summed E-state index contributed by atoms with van der Waals surface area (Å²) < 4.78 is 5.42. The molecular formula is C17H13N3O. The number of hydrogen-bond acceptors (Lipinski definition) is 3. The number of imidazole rings is 1. The Labute approximate surface area is 121 Å². The lowest BCUT2D eigenvalue weighted by Gasteiger charge is -1.95. The van der Waals surface area contributed by atoms with Crippen LogP contribution in [0.1, 0.15) is 5.56 Å². The summed E-state index contributed by atoms with van der Waals surface area (Å²) in [5, 5.41) is 4.13. The van der Waals surface area contributed by atoms with Crippen LogP contribution in [0.25, 0.3) is 33.9 Å². The number of fused-ring (bicyclic) bond motifs is 1. The normalized spacial score (nSPS) is 11.1. The van der Waals surface area contributed by atoms with E-state index in [1.165, 1.54) is 5.56 Å². The molecule has 0 saturated heterocycles. The molecule has 1 N–H and O–H groups in total. The predicted molar refractivity (Wildman–Crippen MR) is 81.8 cm³/mol. The van der Waals surface area contributed by atoms with Gasteiger partial charge in [-0.2, -0.15) is 0 Å². The van der Waals surface area contributed by atoms with Crippen LogP contribution in [-0.2, 0) is 0 Å². The van der Waals surface area contributed by atoms with Gasteiger partial charge in [0.2, 0.25) is 5.76 Å². The Bertz CT molecular complexity index is 870. The summed E-state index contributed by atoms with van der Waals surface area (Å²) in [4.78, 5) is 7.76. The number of rotatable bonds is 2. The molecule has 0 unspecified atom stereocenters. The van der Waals surface area contributed by atoms with E-state index in [0.29, 0.717) is 11.6 Å². The topological polar surface area (TPSA) is 54.7 Å². The first-order valence-electron chi connectivity index (χ1n) is 6.78. The van der Waals surface area contributed by atoms with Crippen LogP contribution < -0.4 is 0 Å². The van der Waals surface area contributed by atoms with Crippen molar-refractivity contribution in [2.24, 2.45) is 0 Å². The maximum absolute atomic E-state index is 5.42. The lowest BCUT2D eigenvalue weighted by Crippen LogP contribution is -1.77. The molecule has 102 valence electrons. The van der Waals surface area contributed by atoms with Crippen molar-refractivity contribution >= 4 is 11.0 Å². The van der Waals surface area contributed by atoms with Crippen molar-refractivity contribution in [2.45, 2.75) is 6.92 Å². The van der Waals surface area contributed by atoms with E-state index in [2.05, 4.69) is 34.2 Å². The number of aryl methyl sites for hydroxylation is 1. The van der Waals surface area contributed by atoms with E-state index in [1.54, 1.807) is 0 Å². The van der Waals surface area contributed by atoms with Crippen LogP contribution in [0.2, 0.25) is 0 Å². The second-order valence-electron chi connectivity index (χ2n) is 5.04. The number of nitrogens with zero attached hydrogens (tertiary/aromatic N) is 2. The molecule has 0 amide bonds. The smallest absolute Gasteiger partial charge is 0.202 e. The lowest BCUT2D eigenvalue weighted by atomic mass is 10.1. The molecule has 4 rings (SSSR count). The Morgan fingerprint density at radius 1 is 1.00 bits per heavy atom. The maximum atomic E-state index is 5.42. The van der Waals surface area contributed by atoms with E-state index < -0.39 is 0 Å². The highest BCUT2D eigenvalue weighted by molar-refractivity contribution is 5.78. The molecular weight excluding hydrogens is 262 g/mol. The molecule has 0 radical (unpaired) electrons. The quantitative estimate of drug-likeness (QED) is 0.596. The first-order chi connectivity index (χ1) is 10.3. The number of aromatic nitrogens is 3. The van der Waals surface area contributed by atoms with Gasteiger partial charge in [0.05, 0.1) is 11.0 Å². The monoisotopic (exact) mass is 275 g/mol. The molecule has 0 saturated carbocycles. The highest BCUT2D eigenvalue weighted by Crippen LogP contribution is 2.26. The van der Waals surface area contributed by atoms with Crippen molar-refractivity contribution in [2.75, 3.05) is 0 Å². The molecule has 0 aliphatic carbocycles. The maximum Gasteiger partial charge on any atom is 0.202 e. The van der Waals surface area contributed by atoms with Crippen LogP contribution in [0.3, 0.4) is 0 Å². The summed E-state index contributed by atoms with van der Waals surface area (Å²) in [5.41, 5.74) is 4.97. The zero-order valence-corrected chi connectivity index (χ0v) is 11.5. The Balaban J connectivity index is 1.75. The highest BCUT2D eigenvalue weighted by atomic mass is 16.5. The molecule has 0 bridgehead atoms. The van der Waals surface area contributed by atoms with Crippen molar-refractivity contribution in [1.29, 1.82) is 0 Å². The SMILES string of the molecule is Cc1ccc(-c2cc(-c3nc4ccccc4[nH]3)on2)cc1. The van der Waals surface area contributed by atoms with E-state index in [4.69, 9.17) is 4.52 Å². The Morgan fingerprint density at radius 2 is 1.81 bits per heavy atom. The van der Waals surface area contributed by atoms with Gasteiger partial charge in [-0.25, -0.2) is 4.98 Å². The molecule has 2 aromatic heterocycles. The fourth-order valence-electron chi connectivity index (χ4n) is 2.32. The number of aromatic amines is 1. The third-order valence-electron chi connectivity index (χ3n) is 3.48. The fourth-order valence-corrected chi connectivity index (χ4v) is 2.32. The molecule has 4 heteroatoms. The first kappa shape index (κ1) is 11.9. The third-order valence-corrected chi connectivity index (χ3v) is 3.48. The van der Waals surface area contributed by atoms with Crippen molar-refractivity contribution < 1.29 is 4.52 Å². The minimum Gasteiger partial charge on any atom is -0.352 e. The first-order valence-corrected chi connectivity index (χ1v) is 6.78. The van der Waals surface area contributed by atoms with Gasteiger partial charge in [0.25, 0.3) is 0 Å². The van der Waals surface area contributed by atoms with E-state index in [-0.39, 0.29) is 0 Å². The van der Waals surface area contributed by atoms with Gasteiger partial charge in [0, 0.05) is 11.6 Å². The second kappa shape index (κ2) is 4.59. The number of nitrogens with one attached hydrogen (secondary N) is 1. The van der Waals surface area contributed by atoms with Crippen molar-refractivity contribution in [3.8, 4) is 22.8 Å². The number of hydrogen-bond donors (Lipinski definition) is 1. The van der Waals surface area contributed by atoms with Crippen LogP contribution in [-0.4, -0.2) is 15.1 Å². The van der Waals surface area contributed by atoms with Crippen molar-refractivity contribution in [3.05, 3.63) is 60.2 Å². The fraction of sp³-hybridized carbons (Fsp3) is 0.0588. The van der Waals surface area contributed by atoms with Crippen molar-refractivity contribution in [3.63, 3.8) is 0 Å². The molecule has 21 heavy (non-hydrogen) atoms.